The first-order valence-electron chi connectivity index (χ1n) is 13.0. The second kappa shape index (κ2) is 12.5. The van der Waals surface area contributed by atoms with Crippen molar-refractivity contribution < 1.29 is 14.3 Å². The van der Waals surface area contributed by atoms with E-state index in [2.05, 4.69) is 59.3 Å². The van der Waals surface area contributed by atoms with Gasteiger partial charge in [-0.1, -0.05) is 79.8 Å². The van der Waals surface area contributed by atoms with Crippen LogP contribution in [-0.4, -0.2) is 41.8 Å². The Labute approximate surface area is 219 Å². The molecule has 1 N–H and O–H groups in total. The number of esters is 1. The van der Waals surface area contributed by atoms with Crippen molar-refractivity contribution in [3.8, 4) is 0 Å². The third-order valence-corrected chi connectivity index (χ3v) is 7.29. The topological polar surface area (TPSA) is 62.4 Å². The van der Waals surface area contributed by atoms with E-state index < -0.39 is 0 Å². The van der Waals surface area contributed by atoms with Crippen molar-refractivity contribution in [3.63, 3.8) is 0 Å². The van der Waals surface area contributed by atoms with Crippen molar-refractivity contribution in [2.45, 2.75) is 39.3 Å². The van der Waals surface area contributed by atoms with Crippen LogP contribution < -0.4 is 0 Å². The molecule has 0 bridgehead atoms. The number of nitrogens with one attached hydrogen (secondary N) is 1. The molecule has 0 radical (unpaired) electrons. The number of fused-ring (bicyclic) bond motifs is 1. The fourth-order valence-corrected chi connectivity index (χ4v) is 5.29. The Balaban J connectivity index is 1.73. The summed E-state index contributed by atoms with van der Waals surface area (Å²) < 4.78 is 5.14. The van der Waals surface area contributed by atoms with Crippen molar-refractivity contribution >= 4 is 28.7 Å². The zero-order valence-corrected chi connectivity index (χ0v) is 21.9. The molecule has 1 aliphatic rings. The molecule has 0 saturated carbocycles. The number of hydrogen-bond donors (Lipinski definition) is 1. The summed E-state index contributed by atoms with van der Waals surface area (Å²) in [5.74, 6) is -0.141. The van der Waals surface area contributed by atoms with Crippen LogP contribution in [0.1, 0.15) is 37.1 Å². The number of aldehydes is 1. The van der Waals surface area contributed by atoms with E-state index in [0.717, 1.165) is 48.0 Å². The smallest absolute Gasteiger partial charge is 0.339 e. The van der Waals surface area contributed by atoms with Gasteiger partial charge in [-0.15, -0.1) is 0 Å². The van der Waals surface area contributed by atoms with Crippen LogP contribution in [0.5, 0.6) is 0 Å². The fraction of sp³-hybridized carbons (Fsp3) is 0.312. The van der Waals surface area contributed by atoms with Crippen LogP contribution in [0, 0.1) is 11.8 Å². The van der Waals surface area contributed by atoms with Crippen LogP contribution in [0.3, 0.4) is 0 Å². The minimum absolute atomic E-state index is 0.0220. The number of hydrogen-bond acceptors (Lipinski definition) is 4. The lowest BCUT2D eigenvalue weighted by Crippen LogP contribution is -2.44. The Bertz CT molecular complexity index is 1300. The fourth-order valence-electron chi connectivity index (χ4n) is 5.29. The van der Waals surface area contributed by atoms with E-state index in [9.17, 15) is 9.59 Å². The van der Waals surface area contributed by atoms with Gasteiger partial charge in [0, 0.05) is 36.0 Å². The molecular formula is C32H36N2O3. The molecule has 0 aliphatic heterocycles. The predicted octanol–water partition coefficient (Wildman–Crippen LogP) is 6.12. The summed E-state index contributed by atoms with van der Waals surface area (Å²) in [4.78, 5) is 30.8. The summed E-state index contributed by atoms with van der Waals surface area (Å²) in [6.45, 7) is 5.54. The average Bonchev–Trinajstić information content (AvgIpc) is 3.29. The van der Waals surface area contributed by atoms with Crippen LogP contribution in [-0.2, 0) is 27.3 Å². The first-order valence-corrected chi connectivity index (χ1v) is 13.0. The van der Waals surface area contributed by atoms with E-state index in [0.29, 0.717) is 17.9 Å². The van der Waals surface area contributed by atoms with E-state index in [1.54, 1.807) is 6.08 Å². The van der Waals surface area contributed by atoms with Crippen molar-refractivity contribution in [2.75, 3.05) is 13.7 Å². The number of carbonyl (C=O) groups is 2. The standard InChI is InChI=1S/C32H36N2O3/c1-4-5-15-27(32(36)37-3)31-26(25-16-9-10-17-29(25)33-31)19-20-34(21-24-13-7-6-8-14-24)30-18-11-12-23(2)28(30)22-35/h4-11,13-18,22-23,28,30,33H,12,19-21H2,1-3H3/b5-4+,27-15-/t23-,28+,30+/m0/s1. The van der Waals surface area contributed by atoms with Gasteiger partial charge in [-0.2, -0.15) is 0 Å². The number of allylic oxidation sites excluding steroid dienone is 4. The summed E-state index contributed by atoms with van der Waals surface area (Å²) in [6, 6.07) is 18.5. The molecule has 0 fully saturated rings. The summed E-state index contributed by atoms with van der Waals surface area (Å²) >= 11 is 0. The molecule has 4 rings (SSSR count). The summed E-state index contributed by atoms with van der Waals surface area (Å²) in [6.07, 6.45) is 12.7. The minimum atomic E-state index is -0.378. The Morgan fingerprint density at radius 2 is 1.89 bits per heavy atom. The Kier molecular flexibility index (Phi) is 8.91. The highest BCUT2D eigenvalue weighted by Gasteiger charge is 2.32. The molecule has 0 unspecified atom stereocenters. The molecular weight excluding hydrogens is 460 g/mol. The Morgan fingerprint density at radius 1 is 1.14 bits per heavy atom. The van der Waals surface area contributed by atoms with Gasteiger partial charge in [-0.25, -0.2) is 4.79 Å². The minimum Gasteiger partial charge on any atom is -0.465 e. The van der Waals surface area contributed by atoms with Crippen molar-refractivity contribution in [2.24, 2.45) is 11.8 Å². The second-order valence-corrected chi connectivity index (χ2v) is 9.67. The molecule has 0 spiro atoms. The summed E-state index contributed by atoms with van der Waals surface area (Å²) in [5.41, 5.74) is 4.55. The molecule has 0 amide bonds. The molecule has 37 heavy (non-hydrogen) atoms. The summed E-state index contributed by atoms with van der Waals surface area (Å²) in [7, 11) is 1.41. The number of rotatable bonds is 10. The van der Waals surface area contributed by atoms with E-state index in [1.165, 1.54) is 12.7 Å². The lowest BCUT2D eigenvalue weighted by molar-refractivity contribution is -0.133. The average molecular weight is 497 g/mol. The van der Waals surface area contributed by atoms with Crippen LogP contribution in [0.2, 0.25) is 0 Å². The largest absolute Gasteiger partial charge is 0.465 e. The monoisotopic (exact) mass is 496 g/mol. The van der Waals surface area contributed by atoms with Crippen LogP contribution in [0.25, 0.3) is 16.5 Å². The Hall–Kier alpha value is -3.70. The SMILES string of the molecule is C/C=C/C=C(\C(=O)OC)c1[nH]c2ccccc2c1CCN(Cc1ccccc1)[C@@H]1C=CC[C@H](C)[C@H]1C=O. The first kappa shape index (κ1) is 26.4. The van der Waals surface area contributed by atoms with Crippen molar-refractivity contribution in [1.82, 2.24) is 9.88 Å². The maximum Gasteiger partial charge on any atom is 0.339 e. The molecule has 3 atom stereocenters. The molecule has 1 aliphatic carbocycles. The number of nitrogens with zero attached hydrogens (tertiary/aromatic N) is 1. The van der Waals surface area contributed by atoms with E-state index in [4.69, 9.17) is 4.74 Å². The molecule has 5 nitrogen and oxygen atoms in total. The van der Waals surface area contributed by atoms with Gasteiger partial charge in [0.05, 0.1) is 18.4 Å². The molecule has 0 saturated heterocycles. The normalized spacial score (nSPS) is 20.1. The molecule has 5 heteroatoms. The molecule has 1 aromatic heterocycles. The van der Waals surface area contributed by atoms with Crippen molar-refractivity contribution in [1.29, 1.82) is 0 Å². The van der Waals surface area contributed by atoms with Gasteiger partial charge in [0.15, 0.2) is 0 Å². The maximum absolute atomic E-state index is 12.8. The summed E-state index contributed by atoms with van der Waals surface area (Å²) in [5, 5.41) is 1.09. The van der Waals surface area contributed by atoms with Gasteiger partial charge < -0.3 is 14.5 Å². The van der Waals surface area contributed by atoms with Crippen LogP contribution >= 0.6 is 0 Å². The number of aromatic amines is 1. The lowest BCUT2D eigenvalue weighted by atomic mass is 9.81. The third kappa shape index (κ3) is 6.00. The number of aromatic nitrogens is 1. The molecule has 192 valence electrons. The predicted molar refractivity (Wildman–Crippen MR) is 150 cm³/mol. The number of para-hydroxylation sites is 1. The third-order valence-electron chi connectivity index (χ3n) is 7.29. The van der Waals surface area contributed by atoms with Gasteiger partial charge in [0.25, 0.3) is 0 Å². The maximum atomic E-state index is 12.8. The lowest BCUT2D eigenvalue weighted by Gasteiger charge is -2.38. The zero-order valence-electron chi connectivity index (χ0n) is 21.9. The van der Waals surface area contributed by atoms with E-state index in [-0.39, 0.29) is 17.9 Å². The number of carbonyl (C=O) groups excluding carboxylic acids is 2. The van der Waals surface area contributed by atoms with Crippen molar-refractivity contribution in [3.05, 3.63) is 102 Å². The highest BCUT2D eigenvalue weighted by molar-refractivity contribution is 6.18. The van der Waals surface area contributed by atoms with E-state index in [1.807, 2.05) is 43.3 Å². The quantitative estimate of drug-likeness (QED) is 0.121. The van der Waals surface area contributed by atoms with Gasteiger partial charge in [-0.05, 0) is 49.0 Å². The molecule has 3 aromatic rings. The van der Waals surface area contributed by atoms with Gasteiger partial charge in [0.1, 0.15) is 6.29 Å². The number of methoxy groups -OCH3 is 1. The van der Waals surface area contributed by atoms with Gasteiger partial charge in [0.2, 0.25) is 0 Å². The zero-order chi connectivity index (χ0) is 26.2. The Morgan fingerprint density at radius 3 is 2.62 bits per heavy atom. The highest BCUT2D eigenvalue weighted by atomic mass is 16.5. The second-order valence-electron chi connectivity index (χ2n) is 9.67. The number of H-pyrrole nitrogens is 1. The van der Waals surface area contributed by atoms with Crippen LogP contribution in [0.4, 0.5) is 0 Å². The molecule has 2 aromatic carbocycles. The van der Waals surface area contributed by atoms with Crippen LogP contribution in [0.15, 0.2) is 85.0 Å². The number of benzene rings is 2. The number of ether oxygens (including phenoxy) is 1. The first-order chi connectivity index (χ1) is 18.1. The molecule has 1 heterocycles. The van der Waals surface area contributed by atoms with Gasteiger partial charge in [-0.3, -0.25) is 4.90 Å². The highest BCUT2D eigenvalue weighted by Crippen LogP contribution is 2.32. The van der Waals surface area contributed by atoms with Gasteiger partial charge >= 0.3 is 5.97 Å². The van der Waals surface area contributed by atoms with E-state index >= 15 is 0 Å².